The minimum Gasteiger partial charge on any atom is -0.307 e. The van der Waals surface area contributed by atoms with Crippen molar-refractivity contribution < 1.29 is 0 Å². The predicted molar refractivity (Wildman–Crippen MR) is 79.2 cm³/mol. The number of nitrogens with zero attached hydrogens (tertiary/aromatic N) is 3. The quantitative estimate of drug-likeness (QED) is 0.856. The van der Waals surface area contributed by atoms with Crippen LogP contribution in [0.2, 0.25) is 0 Å². The molecule has 1 fully saturated rings. The van der Waals surface area contributed by atoms with Gasteiger partial charge in [-0.15, -0.1) is 0 Å². The molecule has 1 aliphatic heterocycles. The molecule has 1 aromatic heterocycles. The van der Waals surface area contributed by atoms with Gasteiger partial charge in [0.15, 0.2) is 0 Å². The van der Waals surface area contributed by atoms with Crippen LogP contribution in [0.15, 0.2) is 12.3 Å². The van der Waals surface area contributed by atoms with Gasteiger partial charge in [0.2, 0.25) is 0 Å². The van der Waals surface area contributed by atoms with Gasteiger partial charge in [-0.2, -0.15) is 5.10 Å². The largest absolute Gasteiger partial charge is 0.307 e. The topological polar surface area (TPSA) is 33.1 Å². The van der Waals surface area contributed by atoms with Crippen molar-refractivity contribution in [3.63, 3.8) is 0 Å². The van der Waals surface area contributed by atoms with Gasteiger partial charge in [0.05, 0.1) is 5.69 Å². The molecule has 2 heterocycles. The molecule has 0 aliphatic carbocycles. The van der Waals surface area contributed by atoms with Crippen molar-refractivity contribution in [1.82, 2.24) is 20.0 Å². The molecule has 19 heavy (non-hydrogen) atoms. The maximum atomic E-state index is 4.57. The number of piperidine rings is 1. The summed E-state index contributed by atoms with van der Waals surface area (Å²) in [5.41, 5.74) is 1.14. The Labute approximate surface area is 117 Å². The molecule has 1 unspecified atom stereocenters. The highest BCUT2D eigenvalue weighted by atomic mass is 15.3. The monoisotopic (exact) mass is 264 g/mol. The molecule has 0 radical (unpaired) electrons. The van der Waals surface area contributed by atoms with Crippen LogP contribution in [0.25, 0.3) is 0 Å². The third-order valence-electron chi connectivity index (χ3n) is 3.81. The van der Waals surface area contributed by atoms with Gasteiger partial charge in [0.25, 0.3) is 0 Å². The maximum Gasteiger partial charge on any atom is 0.0762 e. The molecule has 1 saturated heterocycles. The summed E-state index contributed by atoms with van der Waals surface area (Å²) in [6.07, 6.45) is 6.21. The normalized spacial score (nSPS) is 18.9. The average molecular weight is 264 g/mol. The molecule has 4 heteroatoms. The van der Waals surface area contributed by atoms with E-state index in [-0.39, 0.29) is 0 Å². The van der Waals surface area contributed by atoms with E-state index in [4.69, 9.17) is 0 Å². The SMILES string of the molecule is CC(CN1CCCCC1)NCc1ccn(C(C)C)n1. The molecule has 1 aromatic rings. The highest BCUT2D eigenvalue weighted by Crippen LogP contribution is 2.09. The molecule has 2 rings (SSSR count). The first kappa shape index (κ1) is 14.5. The van der Waals surface area contributed by atoms with Gasteiger partial charge < -0.3 is 10.2 Å². The second-order valence-corrected chi connectivity index (χ2v) is 6.02. The van der Waals surface area contributed by atoms with Gasteiger partial charge >= 0.3 is 0 Å². The Morgan fingerprint density at radius 1 is 1.21 bits per heavy atom. The van der Waals surface area contributed by atoms with Crippen molar-refractivity contribution in [3.8, 4) is 0 Å². The molecule has 1 aliphatic rings. The molecule has 0 spiro atoms. The standard InChI is InChI=1S/C15H28N4/c1-13(2)19-10-7-15(17-19)11-16-14(3)12-18-8-5-4-6-9-18/h7,10,13-14,16H,4-6,8-9,11-12H2,1-3H3. The summed E-state index contributed by atoms with van der Waals surface area (Å²) in [5, 5.41) is 8.15. The fraction of sp³-hybridized carbons (Fsp3) is 0.800. The minimum absolute atomic E-state index is 0.444. The summed E-state index contributed by atoms with van der Waals surface area (Å²) in [7, 11) is 0. The summed E-state index contributed by atoms with van der Waals surface area (Å²) in [4.78, 5) is 2.58. The van der Waals surface area contributed by atoms with E-state index in [0.717, 1.165) is 18.8 Å². The van der Waals surface area contributed by atoms with E-state index in [1.165, 1.54) is 32.4 Å². The van der Waals surface area contributed by atoms with Gasteiger partial charge in [-0.25, -0.2) is 0 Å². The zero-order valence-electron chi connectivity index (χ0n) is 12.6. The molecular formula is C15H28N4. The lowest BCUT2D eigenvalue weighted by molar-refractivity contribution is 0.208. The van der Waals surface area contributed by atoms with E-state index >= 15 is 0 Å². The molecule has 0 bridgehead atoms. The molecule has 1 N–H and O–H groups in total. The molecule has 0 amide bonds. The van der Waals surface area contributed by atoms with Gasteiger partial charge in [0.1, 0.15) is 0 Å². The molecule has 1 atom stereocenters. The van der Waals surface area contributed by atoms with Crippen molar-refractivity contribution in [2.75, 3.05) is 19.6 Å². The summed E-state index contributed by atoms with van der Waals surface area (Å²) >= 11 is 0. The highest BCUT2D eigenvalue weighted by Gasteiger charge is 2.13. The average Bonchev–Trinajstić information content (AvgIpc) is 2.86. The molecule has 4 nitrogen and oxygen atoms in total. The van der Waals surface area contributed by atoms with E-state index in [0.29, 0.717) is 12.1 Å². The van der Waals surface area contributed by atoms with Gasteiger partial charge in [-0.3, -0.25) is 4.68 Å². The van der Waals surface area contributed by atoms with Crippen molar-refractivity contribution in [3.05, 3.63) is 18.0 Å². The minimum atomic E-state index is 0.444. The van der Waals surface area contributed by atoms with Crippen molar-refractivity contribution in [2.24, 2.45) is 0 Å². The van der Waals surface area contributed by atoms with E-state index in [9.17, 15) is 0 Å². The first-order chi connectivity index (χ1) is 9.15. The van der Waals surface area contributed by atoms with Gasteiger partial charge in [-0.1, -0.05) is 6.42 Å². The van der Waals surface area contributed by atoms with Crippen LogP contribution in [-0.2, 0) is 6.54 Å². The van der Waals surface area contributed by atoms with Gasteiger partial charge in [0, 0.05) is 31.4 Å². The predicted octanol–water partition coefficient (Wildman–Crippen LogP) is 2.43. The summed E-state index contributed by atoms with van der Waals surface area (Å²) in [5.74, 6) is 0. The first-order valence-electron chi connectivity index (χ1n) is 7.65. The fourth-order valence-corrected chi connectivity index (χ4v) is 2.63. The van der Waals surface area contributed by atoms with Crippen LogP contribution in [-0.4, -0.2) is 40.4 Å². The lowest BCUT2D eigenvalue weighted by Crippen LogP contribution is -2.41. The number of likely N-dealkylation sites (tertiary alicyclic amines) is 1. The number of hydrogen-bond donors (Lipinski definition) is 1. The number of rotatable bonds is 6. The van der Waals surface area contributed by atoms with Crippen LogP contribution in [0.3, 0.4) is 0 Å². The van der Waals surface area contributed by atoms with Crippen molar-refractivity contribution in [2.45, 2.75) is 58.7 Å². The third kappa shape index (κ3) is 4.62. The van der Waals surface area contributed by atoms with E-state index in [1.807, 2.05) is 4.68 Å². The van der Waals surface area contributed by atoms with Crippen LogP contribution >= 0.6 is 0 Å². The van der Waals surface area contributed by atoms with E-state index in [2.05, 4.69) is 48.3 Å². The van der Waals surface area contributed by atoms with Crippen molar-refractivity contribution >= 4 is 0 Å². The number of nitrogens with one attached hydrogen (secondary N) is 1. The lowest BCUT2D eigenvalue weighted by Gasteiger charge is -2.29. The van der Waals surface area contributed by atoms with E-state index < -0.39 is 0 Å². The Bertz CT molecular complexity index is 366. The Morgan fingerprint density at radius 2 is 1.95 bits per heavy atom. The summed E-state index contributed by atoms with van der Waals surface area (Å²) in [6, 6.07) is 3.09. The summed E-state index contributed by atoms with van der Waals surface area (Å²) in [6.45, 7) is 11.2. The number of hydrogen-bond acceptors (Lipinski definition) is 3. The third-order valence-corrected chi connectivity index (χ3v) is 3.81. The number of aromatic nitrogens is 2. The summed E-state index contributed by atoms with van der Waals surface area (Å²) < 4.78 is 2.02. The zero-order chi connectivity index (χ0) is 13.7. The fourth-order valence-electron chi connectivity index (χ4n) is 2.63. The second-order valence-electron chi connectivity index (χ2n) is 6.02. The lowest BCUT2D eigenvalue weighted by atomic mass is 10.1. The first-order valence-corrected chi connectivity index (χ1v) is 7.65. The maximum absolute atomic E-state index is 4.57. The van der Waals surface area contributed by atoms with E-state index in [1.54, 1.807) is 0 Å². The Kier molecular flexibility index (Phi) is 5.40. The Morgan fingerprint density at radius 3 is 2.58 bits per heavy atom. The zero-order valence-corrected chi connectivity index (χ0v) is 12.6. The second kappa shape index (κ2) is 7.06. The van der Waals surface area contributed by atoms with Crippen LogP contribution < -0.4 is 5.32 Å². The highest BCUT2D eigenvalue weighted by molar-refractivity contribution is 4.99. The van der Waals surface area contributed by atoms with Crippen LogP contribution in [0.4, 0.5) is 0 Å². The van der Waals surface area contributed by atoms with Crippen LogP contribution in [0, 0.1) is 0 Å². The molecule has 0 saturated carbocycles. The van der Waals surface area contributed by atoms with Crippen LogP contribution in [0.1, 0.15) is 51.8 Å². The smallest absolute Gasteiger partial charge is 0.0762 e. The van der Waals surface area contributed by atoms with Crippen molar-refractivity contribution in [1.29, 1.82) is 0 Å². The molecule has 108 valence electrons. The molecule has 0 aromatic carbocycles. The van der Waals surface area contributed by atoms with Gasteiger partial charge in [-0.05, 0) is 52.8 Å². The molecular weight excluding hydrogens is 236 g/mol. The van der Waals surface area contributed by atoms with Crippen LogP contribution in [0.5, 0.6) is 0 Å². The Balaban J connectivity index is 1.71. The Hall–Kier alpha value is -0.870.